The van der Waals surface area contributed by atoms with Gasteiger partial charge in [0.2, 0.25) is 5.91 Å². The number of carbonyl (C=O) groups is 2. The highest BCUT2D eigenvalue weighted by molar-refractivity contribution is 5.82. The molecule has 0 bridgehead atoms. The molecule has 0 saturated carbocycles. The Morgan fingerprint density at radius 2 is 1.65 bits per heavy atom. The second-order valence-corrected chi connectivity index (χ2v) is 7.89. The molecule has 0 radical (unpaired) electrons. The molecule has 0 aliphatic carbocycles. The summed E-state index contributed by atoms with van der Waals surface area (Å²) in [5.74, 6) is -0.474. The summed E-state index contributed by atoms with van der Waals surface area (Å²) in [6.45, 7) is 5.58. The van der Waals surface area contributed by atoms with Gasteiger partial charge in [-0.15, -0.1) is 0 Å². The van der Waals surface area contributed by atoms with Crippen molar-refractivity contribution < 1.29 is 23.8 Å². The summed E-state index contributed by atoms with van der Waals surface area (Å²) in [4.78, 5) is 24.5. The normalized spacial score (nSPS) is 11.6. The molecule has 1 atom stereocenters. The zero-order valence-electron chi connectivity index (χ0n) is 20.4. The fourth-order valence-electron chi connectivity index (χ4n) is 2.97. The van der Waals surface area contributed by atoms with E-state index in [-0.39, 0.29) is 25.0 Å². The van der Waals surface area contributed by atoms with Gasteiger partial charge in [0, 0.05) is 19.8 Å². The molecule has 10 nitrogen and oxygen atoms in total. The Kier molecular flexibility index (Phi) is 15.9. The Morgan fingerprint density at radius 3 is 2.24 bits per heavy atom. The minimum Gasteiger partial charge on any atom is -0.445 e. The van der Waals surface area contributed by atoms with Gasteiger partial charge in [0.1, 0.15) is 13.2 Å². The number of nitrogens with one attached hydrogen (secondary N) is 4. The van der Waals surface area contributed by atoms with Crippen molar-refractivity contribution in [2.24, 2.45) is 5.73 Å². The summed E-state index contributed by atoms with van der Waals surface area (Å²) in [6, 6.07) is 8.88. The van der Waals surface area contributed by atoms with Crippen LogP contribution in [0.1, 0.15) is 57.9 Å². The zero-order chi connectivity index (χ0) is 25.0. The van der Waals surface area contributed by atoms with Crippen LogP contribution >= 0.6 is 0 Å². The van der Waals surface area contributed by atoms with Crippen LogP contribution < -0.4 is 21.7 Å². The minimum atomic E-state index is -0.670. The summed E-state index contributed by atoms with van der Waals surface area (Å²) >= 11 is 0. The van der Waals surface area contributed by atoms with Crippen LogP contribution in [0.2, 0.25) is 0 Å². The number of rotatable bonds is 18. The lowest BCUT2D eigenvalue weighted by atomic mass is 10.1. The van der Waals surface area contributed by atoms with Gasteiger partial charge in [0.15, 0.2) is 12.2 Å². The largest absolute Gasteiger partial charge is 0.445 e. The first kappa shape index (κ1) is 29.2. The molecule has 192 valence electrons. The van der Waals surface area contributed by atoms with Crippen LogP contribution in [0, 0.1) is 5.41 Å². The molecule has 0 heterocycles. The summed E-state index contributed by atoms with van der Waals surface area (Å²) in [5.41, 5.74) is 6.20. The van der Waals surface area contributed by atoms with Crippen molar-refractivity contribution in [3.63, 3.8) is 0 Å². The van der Waals surface area contributed by atoms with Gasteiger partial charge < -0.3 is 35.9 Å². The SMILES string of the molecule is CCCCOC(OCCCC)[C@H](CCCNC(=N)N)NC(=O)CNC(=O)OCc1ccccc1. The molecule has 0 aliphatic rings. The van der Waals surface area contributed by atoms with Gasteiger partial charge in [-0.2, -0.15) is 0 Å². The van der Waals surface area contributed by atoms with Crippen molar-refractivity contribution in [3.05, 3.63) is 35.9 Å². The molecule has 10 heteroatoms. The molecule has 0 aromatic heterocycles. The van der Waals surface area contributed by atoms with E-state index in [1.807, 2.05) is 30.3 Å². The molecule has 0 fully saturated rings. The first-order valence-electron chi connectivity index (χ1n) is 12.0. The molecule has 0 spiro atoms. The number of guanidine groups is 1. The van der Waals surface area contributed by atoms with Crippen LogP contribution in [0.5, 0.6) is 0 Å². The second-order valence-electron chi connectivity index (χ2n) is 7.89. The number of nitrogens with two attached hydrogens (primary N) is 1. The Balaban J connectivity index is 2.61. The maximum absolute atomic E-state index is 12.6. The number of benzene rings is 1. The third-order valence-corrected chi connectivity index (χ3v) is 4.85. The molecule has 1 aromatic carbocycles. The monoisotopic (exact) mass is 479 g/mol. The third kappa shape index (κ3) is 14.3. The van der Waals surface area contributed by atoms with Crippen LogP contribution in [-0.4, -0.2) is 56.6 Å². The molecule has 1 rings (SSSR count). The minimum absolute atomic E-state index is 0.103. The lowest BCUT2D eigenvalue weighted by Crippen LogP contribution is -2.49. The van der Waals surface area contributed by atoms with Crippen LogP contribution in [0.25, 0.3) is 0 Å². The van der Waals surface area contributed by atoms with Crippen molar-refractivity contribution in [2.75, 3.05) is 26.3 Å². The summed E-state index contributed by atoms with van der Waals surface area (Å²) in [7, 11) is 0. The second kappa shape index (κ2) is 18.6. The van der Waals surface area contributed by atoms with Crippen LogP contribution in [-0.2, 0) is 25.6 Å². The van der Waals surface area contributed by atoms with Gasteiger partial charge in [-0.05, 0) is 31.2 Å². The number of ether oxygens (including phenoxy) is 3. The number of hydrogen-bond acceptors (Lipinski definition) is 6. The lowest BCUT2D eigenvalue weighted by Gasteiger charge is -2.28. The Morgan fingerprint density at radius 1 is 1.00 bits per heavy atom. The molecule has 34 heavy (non-hydrogen) atoms. The zero-order valence-corrected chi connectivity index (χ0v) is 20.4. The summed E-state index contributed by atoms with van der Waals surface area (Å²) < 4.78 is 17.0. The molecule has 6 N–H and O–H groups in total. The maximum atomic E-state index is 12.6. The molecule has 0 saturated heterocycles. The standard InChI is InChI=1S/C24H41N5O5/c1-3-5-15-32-22(33-16-6-4-2)20(13-10-14-27-23(25)26)29-21(30)17-28-24(31)34-18-19-11-8-7-9-12-19/h7-9,11-12,20,22H,3-6,10,13-18H2,1-2H3,(H,28,31)(H,29,30)(H4,25,26,27)/t20-/m0/s1. The van der Waals surface area contributed by atoms with Crippen LogP contribution in [0.3, 0.4) is 0 Å². The van der Waals surface area contributed by atoms with Gasteiger partial charge >= 0.3 is 6.09 Å². The van der Waals surface area contributed by atoms with Crippen molar-refractivity contribution in [1.29, 1.82) is 5.41 Å². The van der Waals surface area contributed by atoms with Gasteiger partial charge in [0.05, 0.1) is 6.04 Å². The van der Waals surface area contributed by atoms with E-state index in [9.17, 15) is 9.59 Å². The highest BCUT2D eigenvalue weighted by Crippen LogP contribution is 2.11. The Bertz CT molecular complexity index is 694. The van der Waals surface area contributed by atoms with Crippen LogP contribution in [0.15, 0.2) is 30.3 Å². The number of hydrogen-bond donors (Lipinski definition) is 5. The number of amides is 2. The predicted octanol–water partition coefficient (Wildman–Crippen LogP) is 2.62. The van der Waals surface area contributed by atoms with Gasteiger partial charge in [-0.25, -0.2) is 4.79 Å². The van der Waals surface area contributed by atoms with Crippen molar-refractivity contribution >= 4 is 18.0 Å². The first-order valence-corrected chi connectivity index (χ1v) is 12.0. The lowest BCUT2D eigenvalue weighted by molar-refractivity contribution is -0.165. The fraction of sp³-hybridized carbons (Fsp3) is 0.625. The summed E-state index contributed by atoms with van der Waals surface area (Å²) in [6.07, 6.45) is 3.65. The van der Waals surface area contributed by atoms with E-state index in [4.69, 9.17) is 25.4 Å². The number of alkyl carbamates (subject to hydrolysis) is 1. The van der Waals surface area contributed by atoms with Gasteiger partial charge in [0.25, 0.3) is 0 Å². The van der Waals surface area contributed by atoms with Crippen molar-refractivity contribution in [2.45, 2.75) is 71.3 Å². The first-order chi connectivity index (χ1) is 16.5. The van der Waals surface area contributed by atoms with Gasteiger partial charge in [-0.3, -0.25) is 10.2 Å². The fourth-order valence-corrected chi connectivity index (χ4v) is 2.97. The maximum Gasteiger partial charge on any atom is 0.407 e. The molecule has 0 aliphatic heterocycles. The third-order valence-electron chi connectivity index (χ3n) is 4.85. The predicted molar refractivity (Wildman–Crippen MR) is 131 cm³/mol. The van der Waals surface area contributed by atoms with E-state index >= 15 is 0 Å². The van der Waals surface area contributed by atoms with E-state index in [0.29, 0.717) is 32.6 Å². The average Bonchev–Trinajstić information content (AvgIpc) is 2.83. The topological polar surface area (TPSA) is 148 Å². The molecular formula is C24H41N5O5. The molecular weight excluding hydrogens is 438 g/mol. The summed E-state index contributed by atoms with van der Waals surface area (Å²) in [5, 5.41) is 15.4. The average molecular weight is 480 g/mol. The molecule has 2 amide bonds. The molecule has 1 aromatic rings. The molecule has 0 unspecified atom stereocenters. The number of carbonyl (C=O) groups excluding carboxylic acids is 2. The Hall–Kier alpha value is -2.85. The van der Waals surface area contributed by atoms with Gasteiger partial charge in [-0.1, -0.05) is 57.0 Å². The quantitative estimate of drug-likeness (QED) is 0.0940. The Labute approximate surface area is 202 Å². The number of unbranched alkanes of at least 4 members (excludes halogenated alkanes) is 2. The van der Waals surface area contributed by atoms with E-state index in [2.05, 4.69) is 29.8 Å². The van der Waals surface area contributed by atoms with Crippen LogP contribution in [0.4, 0.5) is 4.79 Å². The smallest absolute Gasteiger partial charge is 0.407 e. The van der Waals surface area contributed by atoms with E-state index in [0.717, 1.165) is 31.2 Å². The highest BCUT2D eigenvalue weighted by atomic mass is 16.7. The van der Waals surface area contributed by atoms with E-state index in [1.165, 1.54) is 0 Å². The highest BCUT2D eigenvalue weighted by Gasteiger charge is 2.25. The van der Waals surface area contributed by atoms with E-state index < -0.39 is 18.4 Å². The van der Waals surface area contributed by atoms with Crippen molar-refractivity contribution in [3.8, 4) is 0 Å². The van der Waals surface area contributed by atoms with Crippen molar-refractivity contribution in [1.82, 2.24) is 16.0 Å². The van der Waals surface area contributed by atoms with E-state index in [1.54, 1.807) is 0 Å².